The number of aryl methyl sites for hydroxylation is 1. The molecule has 0 saturated heterocycles. The van der Waals surface area contributed by atoms with Crippen LogP contribution in [0.5, 0.6) is 0 Å². The molecule has 1 unspecified atom stereocenters. The van der Waals surface area contributed by atoms with Gasteiger partial charge in [-0.3, -0.25) is 0 Å². The van der Waals surface area contributed by atoms with Gasteiger partial charge in [0.05, 0.1) is 11.3 Å². The van der Waals surface area contributed by atoms with Crippen molar-refractivity contribution in [3.05, 3.63) is 45.4 Å². The summed E-state index contributed by atoms with van der Waals surface area (Å²) < 4.78 is 0. The zero-order chi connectivity index (χ0) is 16.4. The first-order chi connectivity index (χ1) is 11.1. The minimum Gasteiger partial charge on any atom is -0.378 e. The van der Waals surface area contributed by atoms with Crippen LogP contribution in [0.1, 0.15) is 34.5 Å². The van der Waals surface area contributed by atoms with E-state index >= 15 is 0 Å². The fourth-order valence-corrected chi connectivity index (χ4v) is 4.07. The van der Waals surface area contributed by atoms with Crippen LogP contribution in [0.3, 0.4) is 0 Å². The van der Waals surface area contributed by atoms with E-state index in [1.807, 2.05) is 32.3 Å². The first-order valence-electron chi connectivity index (χ1n) is 7.95. The molecule has 0 spiro atoms. The van der Waals surface area contributed by atoms with E-state index in [9.17, 15) is 5.26 Å². The number of nitriles is 1. The van der Waals surface area contributed by atoms with E-state index in [-0.39, 0.29) is 0 Å². The molecule has 3 nitrogen and oxygen atoms in total. The maximum Gasteiger partial charge on any atom is 0.134 e. The lowest BCUT2D eigenvalue weighted by molar-refractivity contribution is 0.502. The normalized spacial score (nSPS) is 17.5. The van der Waals surface area contributed by atoms with Gasteiger partial charge in [-0.2, -0.15) is 5.26 Å². The Labute approximate surface area is 141 Å². The maximum atomic E-state index is 9.54. The molecule has 0 aliphatic heterocycles. The fourth-order valence-electron chi connectivity index (χ4n) is 2.83. The van der Waals surface area contributed by atoms with Crippen molar-refractivity contribution in [3.63, 3.8) is 0 Å². The minimum atomic E-state index is 0.662. The second kappa shape index (κ2) is 6.55. The molecule has 3 rings (SSSR count). The third-order valence-electron chi connectivity index (χ3n) is 4.26. The van der Waals surface area contributed by atoms with E-state index < -0.39 is 0 Å². The molecule has 0 N–H and O–H groups in total. The molecule has 23 heavy (non-hydrogen) atoms. The van der Waals surface area contributed by atoms with Gasteiger partial charge >= 0.3 is 0 Å². The number of hydrogen-bond acceptors (Lipinski definition) is 4. The molecule has 1 aromatic carbocycles. The highest BCUT2D eigenvalue weighted by Gasteiger charge is 2.20. The van der Waals surface area contributed by atoms with Crippen molar-refractivity contribution in [3.8, 4) is 6.07 Å². The van der Waals surface area contributed by atoms with Crippen LogP contribution in [0.15, 0.2) is 24.3 Å². The number of anilines is 1. The van der Waals surface area contributed by atoms with Crippen molar-refractivity contribution in [1.82, 2.24) is 4.98 Å². The second-order valence-electron chi connectivity index (χ2n) is 6.39. The summed E-state index contributed by atoms with van der Waals surface area (Å²) in [5, 5.41) is 10.4. The molecule has 2 aromatic rings. The molecular weight excluding hydrogens is 302 g/mol. The van der Waals surface area contributed by atoms with Crippen LogP contribution in [-0.2, 0) is 12.8 Å². The highest BCUT2D eigenvalue weighted by atomic mass is 32.1. The number of fused-ring (bicyclic) bond motifs is 1. The molecule has 1 aromatic heterocycles. The van der Waals surface area contributed by atoms with E-state index in [0.29, 0.717) is 5.57 Å². The van der Waals surface area contributed by atoms with E-state index in [2.05, 4.69) is 30.0 Å². The Kier molecular flexibility index (Phi) is 4.49. The Morgan fingerprint density at radius 2 is 2.09 bits per heavy atom. The summed E-state index contributed by atoms with van der Waals surface area (Å²) in [5.41, 5.74) is 4.05. The number of rotatable bonds is 3. The van der Waals surface area contributed by atoms with Gasteiger partial charge in [0.2, 0.25) is 0 Å². The van der Waals surface area contributed by atoms with E-state index in [1.165, 1.54) is 17.0 Å². The largest absolute Gasteiger partial charge is 0.378 e. The lowest BCUT2D eigenvalue weighted by Gasteiger charge is -2.15. The van der Waals surface area contributed by atoms with Gasteiger partial charge in [0.1, 0.15) is 11.1 Å². The van der Waals surface area contributed by atoms with Crippen LogP contribution in [-0.4, -0.2) is 19.1 Å². The van der Waals surface area contributed by atoms with Gasteiger partial charge in [0.15, 0.2) is 0 Å². The van der Waals surface area contributed by atoms with Crippen molar-refractivity contribution < 1.29 is 0 Å². The van der Waals surface area contributed by atoms with Crippen molar-refractivity contribution in [2.45, 2.75) is 26.2 Å². The van der Waals surface area contributed by atoms with Gasteiger partial charge in [-0.1, -0.05) is 19.1 Å². The lowest BCUT2D eigenvalue weighted by atomic mass is 9.93. The molecule has 4 heteroatoms. The molecule has 118 valence electrons. The van der Waals surface area contributed by atoms with Crippen LogP contribution < -0.4 is 4.90 Å². The number of benzene rings is 1. The van der Waals surface area contributed by atoms with E-state index in [0.717, 1.165) is 35.0 Å². The SMILES string of the molecule is CC1CCc2nc(/C(C#N)=C/c3ccc(N(C)C)cc3)sc2C1. The summed E-state index contributed by atoms with van der Waals surface area (Å²) >= 11 is 1.69. The molecule has 1 atom stereocenters. The van der Waals surface area contributed by atoms with Crippen LogP contribution >= 0.6 is 11.3 Å². The average Bonchev–Trinajstić information content (AvgIpc) is 2.95. The smallest absolute Gasteiger partial charge is 0.134 e. The molecule has 0 bridgehead atoms. The fraction of sp³-hybridized carbons (Fsp3) is 0.368. The quantitative estimate of drug-likeness (QED) is 0.786. The Hall–Kier alpha value is -2.12. The molecule has 1 aliphatic rings. The predicted octanol–water partition coefficient (Wildman–Crippen LogP) is 4.40. The molecular formula is C19H21N3S. The highest BCUT2D eigenvalue weighted by molar-refractivity contribution is 7.13. The summed E-state index contributed by atoms with van der Waals surface area (Å²) in [6, 6.07) is 10.5. The monoisotopic (exact) mass is 323 g/mol. The van der Waals surface area contributed by atoms with Gasteiger partial charge < -0.3 is 4.90 Å². The molecule has 1 aliphatic carbocycles. The topological polar surface area (TPSA) is 39.9 Å². The van der Waals surface area contributed by atoms with Gasteiger partial charge in [-0.15, -0.1) is 11.3 Å². The number of nitrogens with zero attached hydrogens (tertiary/aromatic N) is 3. The van der Waals surface area contributed by atoms with Gasteiger partial charge in [0.25, 0.3) is 0 Å². The average molecular weight is 323 g/mol. The standard InChI is InChI=1S/C19H21N3S/c1-13-4-9-17-18(10-13)23-19(21-17)15(12-20)11-14-5-7-16(8-6-14)22(2)3/h5-8,11,13H,4,9-10H2,1-3H3/b15-11+. The third-order valence-corrected chi connectivity index (χ3v) is 5.41. The van der Waals surface area contributed by atoms with Crippen molar-refractivity contribution in [2.24, 2.45) is 5.92 Å². The first-order valence-corrected chi connectivity index (χ1v) is 8.76. The van der Waals surface area contributed by atoms with Crippen LogP contribution in [0, 0.1) is 17.2 Å². The zero-order valence-corrected chi connectivity index (χ0v) is 14.7. The summed E-state index contributed by atoms with van der Waals surface area (Å²) in [6.45, 7) is 2.29. The van der Waals surface area contributed by atoms with Gasteiger partial charge in [0, 0.05) is 24.7 Å². The first kappa shape index (κ1) is 15.8. The molecule has 0 fully saturated rings. The summed E-state index contributed by atoms with van der Waals surface area (Å²) in [6.07, 6.45) is 5.29. The van der Waals surface area contributed by atoms with Crippen LogP contribution in [0.25, 0.3) is 11.6 Å². The summed E-state index contributed by atoms with van der Waals surface area (Å²) in [7, 11) is 4.04. The molecule has 0 amide bonds. The van der Waals surface area contributed by atoms with Crippen molar-refractivity contribution in [2.75, 3.05) is 19.0 Å². The van der Waals surface area contributed by atoms with Gasteiger partial charge in [-0.25, -0.2) is 4.98 Å². The Morgan fingerprint density at radius 3 is 2.74 bits per heavy atom. The molecule has 1 heterocycles. The predicted molar refractivity (Wildman–Crippen MR) is 97.6 cm³/mol. The number of thiazole rings is 1. The van der Waals surface area contributed by atoms with Crippen molar-refractivity contribution >= 4 is 28.7 Å². The van der Waals surface area contributed by atoms with E-state index in [4.69, 9.17) is 4.98 Å². The Bertz CT molecular complexity index is 763. The lowest BCUT2D eigenvalue weighted by Crippen LogP contribution is -2.09. The highest BCUT2D eigenvalue weighted by Crippen LogP contribution is 2.33. The number of aromatic nitrogens is 1. The zero-order valence-electron chi connectivity index (χ0n) is 13.8. The van der Waals surface area contributed by atoms with Gasteiger partial charge in [-0.05, 0) is 49.0 Å². The number of hydrogen-bond donors (Lipinski definition) is 0. The van der Waals surface area contributed by atoms with Crippen LogP contribution in [0.2, 0.25) is 0 Å². The summed E-state index contributed by atoms with van der Waals surface area (Å²) in [4.78, 5) is 8.15. The number of allylic oxidation sites excluding steroid dienone is 1. The molecule has 0 saturated carbocycles. The third kappa shape index (κ3) is 3.46. The molecule has 0 radical (unpaired) electrons. The second-order valence-corrected chi connectivity index (χ2v) is 7.48. The van der Waals surface area contributed by atoms with E-state index in [1.54, 1.807) is 11.3 Å². The summed E-state index contributed by atoms with van der Waals surface area (Å²) in [5.74, 6) is 0.726. The van der Waals surface area contributed by atoms with Crippen molar-refractivity contribution in [1.29, 1.82) is 5.26 Å². The Morgan fingerprint density at radius 1 is 1.35 bits per heavy atom. The Balaban J connectivity index is 1.89. The maximum absolute atomic E-state index is 9.54. The minimum absolute atomic E-state index is 0.662. The van der Waals surface area contributed by atoms with Crippen LogP contribution in [0.4, 0.5) is 5.69 Å².